The van der Waals surface area contributed by atoms with Gasteiger partial charge in [-0.3, -0.25) is 4.98 Å². The Morgan fingerprint density at radius 1 is 1.30 bits per heavy atom. The molecule has 0 bridgehead atoms. The lowest BCUT2D eigenvalue weighted by Crippen LogP contribution is -2.14. The smallest absolute Gasteiger partial charge is 0.173 e. The van der Waals surface area contributed by atoms with E-state index in [1.54, 1.807) is 24.3 Å². The molecule has 6 nitrogen and oxygen atoms in total. The molecule has 2 aromatic rings. The molecular weight excluding hydrogens is 282 g/mol. The summed E-state index contributed by atoms with van der Waals surface area (Å²) in [6.07, 6.45) is 2.99. The number of pyridine rings is 1. The number of halogens is 1. The zero-order chi connectivity index (χ0) is 14.5. The van der Waals surface area contributed by atoms with Gasteiger partial charge in [-0.1, -0.05) is 16.8 Å². The maximum atomic E-state index is 8.79. The van der Waals surface area contributed by atoms with Crippen LogP contribution in [0, 0.1) is 0 Å². The average Bonchev–Trinajstić information content (AvgIpc) is 2.46. The third kappa shape index (κ3) is 3.10. The summed E-state index contributed by atoms with van der Waals surface area (Å²) in [4.78, 5) is 3.92. The lowest BCUT2D eigenvalue weighted by molar-refractivity contribution is 0.318. The lowest BCUT2D eigenvalue weighted by Gasteiger charge is -2.11. The Bertz CT molecular complexity index is 647. The van der Waals surface area contributed by atoms with Crippen LogP contribution in [0.15, 0.2) is 41.8 Å². The summed E-state index contributed by atoms with van der Waals surface area (Å²) < 4.78 is 10.8. The highest BCUT2D eigenvalue weighted by atomic mass is 35.5. The first kappa shape index (κ1) is 14.0. The van der Waals surface area contributed by atoms with Crippen LogP contribution < -0.4 is 15.2 Å². The van der Waals surface area contributed by atoms with Gasteiger partial charge in [0.2, 0.25) is 0 Å². The number of aromatic nitrogens is 1. The van der Waals surface area contributed by atoms with Gasteiger partial charge in [0.05, 0.1) is 23.9 Å². The van der Waals surface area contributed by atoms with E-state index in [9.17, 15) is 0 Å². The molecule has 1 heterocycles. The van der Waals surface area contributed by atoms with Gasteiger partial charge in [-0.2, -0.15) is 0 Å². The van der Waals surface area contributed by atoms with Crippen molar-refractivity contribution in [3.63, 3.8) is 0 Å². The van der Waals surface area contributed by atoms with Crippen LogP contribution >= 0.6 is 11.6 Å². The van der Waals surface area contributed by atoms with E-state index in [4.69, 9.17) is 32.0 Å². The van der Waals surface area contributed by atoms with Crippen molar-refractivity contribution in [1.29, 1.82) is 0 Å². The molecule has 0 radical (unpaired) electrons. The Kier molecular flexibility index (Phi) is 4.27. The number of nitrogens with zero attached hydrogens (tertiary/aromatic N) is 2. The fourth-order valence-electron chi connectivity index (χ4n) is 1.55. The third-order valence-corrected chi connectivity index (χ3v) is 2.69. The maximum absolute atomic E-state index is 8.79. The number of methoxy groups -OCH3 is 1. The quantitative estimate of drug-likeness (QED) is 0.391. The number of nitrogens with two attached hydrogens (primary N) is 1. The van der Waals surface area contributed by atoms with Gasteiger partial charge in [0.25, 0.3) is 0 Å². The standard InChI is InChI=1S/C13H12ClN3O3/c1-19-9-2-3-11(13(15)17-18)12(5-9)20-10-4-8(14)6-16-7-10/h2-7,18H,1H3,(H2,15,17). The maximum Gasteiger partial charge on any atom is 0.173 e. The second kappa shape index (κ2) is 6.12. The normalized spacial score (nSPS) is 11.2. The first-order chi connectivity index (χ1) is 9.63. The van der Waals surface area contributed by atoms with E-state index in [0.717, 1.165) is 0 Å². The van der Waals surface area contributed by atoms with Gasteiger partial charge in [0.15, 0.2) is 5.84 Å². The van der Waals surface area contributed by atoms with Crippen LogP contribution in [-0.4, -0.2) is 23.1 Å². The van der Waals surface area contributed by atoms with Crippen molar-refractivity contribution in [3.8, 4) is 17.2 Å². The number of oxime groups is 1. The molecule has 0 amide bonds. The molecule has 1 aromatic carbocycles. The molecule has 0 spiro atoms. The van der Waals surface area contributed by atoms with Crippen molar-refractivity contribution >= 4 is 17.4 Å². The van der Waals surface area contributed by atoms with Gasteiger partial charge in [0.1, 0.15) is 17.2 Å². The minimum atomic E-state index is -0.0716. The summed E-state index contributed by atoms with van der Waals surface area (Å²) in [5.74, 6) is 1.29. The average molecular weight is 294 g/mol. The van der Waals surface area contributed by atoms with Crippen molar-refractivity contribution in [2.24, 2.45) is 10.9 Å². The molecular formula is C13H12ClN3O3. The first-order valence-corrected chi connectivity index (χ1v) is 5.96. The topological polar surface area (TPSA) is 90.0 Å². The molecule has 0 aliphatic heterocycles. The molecule has 0 unspecified atom stereocenters. The molecule has 20 heavy (non-hydrogen) atoms. The van der Waals surface area contributed by atoms with Crippen molar-refractivity contribution in [2.75, 3.05) is 7.11 Å². The molecule has 0 saturated heterocycles. The highest BCUT2D eigenvalue weighted by Crippen LogP contribution is 2.30. The summed E-state index contributed by atoms with van der Waals surface area (Å²) in [5, 5.41) is 12.2. The Labute approximate surface area is 120 Å². The summed E-state index contributed by atoms with van der Waals surface area (Å²) >= 11 is 5.84. The molecule has 0 aliphatic rings. The van der Waals surface area contributed by atoms with Gasteiger partial charge >= 0.3 is 0 Å². The van der Waals surface area contributed by atoms with Crippen LogP contribution in [0.2, 0.25) is 5.02 Å². The predicted octanol–water partition coefficient (Wildman–Crippen LogP) is 2.63. The minimum absolute atomic E-state index is 0.0716. The second-order valence-corrected chi connectivity index (χ2v) is 4.22. The molecule has 2 rings (SSSR count). The predicted molar refractivity (Wildman–Crippen MR) is 74.8 cm³/mol. The van der Waals surface area contributed by atoms with E-state index >= 15 is 0 Å². The van der Waals surface area contributed by atoms with Crippen molar-refractivity contribution < 1.29 is 14.7 Å². The van der Waals surface area contributed by atoms with Crippen LogP contribution in [-0.2, 0) is 0 Å². The fourth-order valence-corrected chi connectivity index (χ4v) is 1.72. The summed E-state index contributed by atoms with van der Waals surface area (Å²) in [7, 11) is 1.53. The Hall–Kier alpha value is -2.47. The number of hydrogen-bond acceptors (Lipinski definition) is 5. The lowest BCUT2D eigenvalue weighted by atomic mass is 10.1. The fraction of sp³-hybridized carbons (Fsp3) is 0.0769. The van der Waals surface area contributed by atoms with E-state index in [1.807, 2.05) is 0 Å². The van der Waals surface area contributed by atoms with Crippen molar-refractivity contribution in [1.82, 2.24) is 4.98 Å². The van der Waals surface area contributed by atoms with E-state index in [-0.39, 0.29) is 5.84 Å². The number of hydrogen-bond donors (Lipinski definition) is 2. The van der Waals surface area contributed by atoms with Gasteiger partial charge in [0, 0.05) is 18.3 Å². The Morgan fingerprint density at radius 3 is 2.75 bits per heavy atom. The zero-order valence-corrected chi connectivity index (χ0v) is 11.3. The SMILES string of the molecule is COc1ccc(/C(N)=N/O)c(Oc2cncc(Cl)c2)c1. The minimum Gasteiger partial charge on any atom is -0.497 e. The van der Waals surface area contributed by atoms with Crippen LogP contribution in [0.5, 0.6) is 17.2 Å². The largest absolute Gasteiger partial charge is 0.497 e. The molecule has 1 aromatic heterocycles. The van der Waals surface area contributed by atoms with Crippen molar-refractivity contribution in [2.45, 2.75) is 0 Å². The summed E-state index contributed by atoms with van der Waals surface area (Å²) in [5.41, 5.74) is 6.03. The molecule has 0 aliphatic carbocycles. The second-order valence-electron chi connectivity index (χ2n) is 3.79. The number of amidine groups is 1. The number of ether oxygens (including phenoxy) is 2. The highest BCUT2D eigenvalue weighted by molar-refractivity contribution is 6.30. The molecule has 0 saturated carbocycles. The van der Waals surface area contributed by atoms with Crippen LogP contribution in [0.3, 0.4) is 0 Å². The van der Waals surface area contributed by atoms with Gasteiger partial charge in [-0.15, -0.1) is 0 Å². The van der Waals surface area contributed by atoms with Crippen LogP contribution in [0.25, 0.3) is 0 Å². The molecule has 7 heteroatoms. The van der Waals surface area contributed by atoms with Gasteiger partial charge < -0.3 is 20.4 Å². The van der Waals surface area contributed by atoms with Crippen LogP contribution in [0.4, 0.5) is 0 Å². The number of benzene rings is 1. The molecule has 0 fully saturated rings. The highest BCUT2D eigenvalue weighted by Gasteiger charge is 2.11. The summed E-state index contributed by atoms with van der Waals surface area (Å²) in [6, 6.07) is 6.52. The monoisotopic (exact) mass is 293 g/mol. The zero-order valence-electron chi connectivity index (χ0n) is 10.6. The summed E-state index contributed by atoms with van der Waals surface area (Å²) in [6.45, 7) is 0. The van der Waals surface area contributed by atoms with Crippen molar-refractivity contribution in [3.05, 3.63) is 47.2 Å². The van der Waals surface area contributed by atoms with Gasteiger partial charge in [-0.05, 0) is 12.1 Å². The molecule has 104 valence electrons. The van der Waals surface area contributed by atoms with Crippen LogP contribution in [0.1, 0.15) is 5.56 Å². The Morgan fingerprint density at radius 2 is 2.10 bits per heavy atom. The first-order valence-electron chi connectivity index (χ1n) is 5.58. The van der Waals surface area contributed by atoms with E-state index < -0.39 is 0 Å². The Balaban J connectivity index is 2.42. The van der Waals surface area contributed by atoms with E-state index in [2.05, 4.69) is 10.1 Å². The number of rotatable bonds is 4. The van der Waals surface area contributed by atoms with E-state index in [0.29, 0.717) is 27.8 Å². The molecule has 0 atom stereocenters. The van der Waals surface area contributed by atoms with E-state index in [1.165, 1.54) is 19.5 Å². The third-order valence-electron chi connectivity index (χ3n) is 2.48. The van der Waals surface area contributed by atoms with Gasteiger partial charge in [-0.25, -0.2) is 0 Å². The molecule has 3 N–H and O–H groups in total.